The Labute approximate surface area is 170 Å². The SMILES string of the molecule is Cc1ccc(-c2nc(C)c(C(=O)NN3C(=O)N[C@](C)(c4ccccc4)C3=O)s2)o1. The summed E-state index contributed by atoms with van der Waals surface area (Å²) >= 11 is 1.13. The summed E-state index contributed by atoms with van der Waals surface area (Å²) in [6, 6.07) is 11.8. The molecule has 0 unspecified atom stereocenters. The molecular weight excluding hydrogens is 392 g/mol. The molecule has 1 aliphatic rings. The molecule has 3 heterocycles. The molecule has 148 valence electrons. The van der Waals surface area contributed by atoms with Crippen molar-refractivity contribution in [3.05, 3.63) is 64.4 Å². The van der Waals surface area contributed by atoms with Gasteiger partial charge < -0.3 is 9.73 Å². The van der Waals surface area contributed by atoms with E-state index in [9.17, 15) is 14.4 Å². The van der Waals surface area contributed by atoms with Crippen LogP contribution in [0.1, 0.15) is 33.6 Å². The van der Waals surface area contributed by atoms with Crippen molar-refractivity contribution in [3.63, 3.8) is 0 Å². The Morgan fingerprint density at radius 3 is 2.55 bits per heavy atom. The zero-order chi connectivity index (χ0) is 20.8. The molecule has 0 aliphatic carbocycles. The van der Waals surface area contributed by atoms with Crippen LogP contribution in [0.5, 0.6) is 0 Å². The number of hydrogen-bond donors (Lipinski definition) is 2. The molecule has 2 N–H and O–H groups in total. The molecule has 1 aliphatic heterocycles. The quantitative estimate of drug-likeness (QED) is 0.643. The molecule has 1 fully saturated rings. The molecule has 9 heteroatoms. The van der Waals surface area contributed by atoms with Gasteiger partial charge in [0.2, 0.25) is 0 Å². The van der Waals surface area contributed by atoms with Gasteiger partial charge in [-0.3, -0.25) is 15.0 Å². The van der Waals surface area contributed by atoms with Crippen molar-refractivity contribution in [2.75, 3.05) is 0 Å². The van der Waals surface area contributed by atoms with Crippen molar-refractivity contribution in [2.24, 2.45) is 0 Å². The smallest absolute Gasteiger partial charge is 0.344 e. The standard InChI is InChI=1S/C20H18N4O4S/c1-11-9-10-14(28-11)17-21-12(2)15(29-17)16(25)23-24-18(26)20(3,22-19(24)27)13-7-5-4-6-8-13/h4-10H,1-3H3,(H,22,27)(H,23,25)/t20-/m1/s1. The van der Waals surface area contributed by atoms with Crippen LogP contribution in [0.25, 0.3) is 10.8 Å². The van der Waals surface area contributed by atoms with Crippen molar-refractivity contribution >= 4 is 29.2 Å². The highest BCUT2D eigenvalue weighted by atomic mass is 32.1. The largest absolute Gasteiger partial charge is 0.459 e. The summed E-state index contributed by atoms with van der Waals surface area (Å²) in [7, 11) is 0. The number of nitrogens with zero attached hydrogens (tertiary/aromatic N) is 2. The van der Waals surface area contributed by atoms with E-state index >= 15 is 0 Å². The Balaban J connectivity index is 1.57. The lowest BCUT2D eigenvalue weighted by Crippen LogP contribution is -2.47. The normalized spacial score (nSPS) is 18.8. The summed E-state index contributed by atoms with van der Waals surface area (Å²) in [4.78, 5) is 42.8. The van der Waals surface area contributed by atoms with Gasteiger partial charge in [0.25, 0.3) is 11.8 Å². The van der Waals surface area contributed by atoms with Crippen molar-refractivity contribution < 1.29 is 18.8 Å². The van der Waals surface area contributed by atoms with Crippen molar-refractivity contribution in [2.45, 2.75) is 26.3 Å². The molecule has 1 atom stereocenters. The minimum atomic E-state index is -1.26. The highest BCUT2D eigenvalue weighted by molar-refractivity contribution is 7.17. The Morgan fingerprint density at radius 2 is 1.90 bits per heavy atom. The zero-order valence-corrected chi connectivity index (χ0v) is 16.8. The summed E-state index contributed by atoms with van der Waals surface area (Å²) in [5, 5.41) is 3.91. The van der Waals surface area contributed by atoms with E-state index in [0.29, 0.717) is 31.9 Å². The molecule has 0 spiro atoms. The number of benzene rings is 1. The first-order valence-corrected chi connectivity index (χ1v) is 9.68. The average Bonchev–Trinajstić information content (AvgIpc) is 3.36. The van der Waals surface area contributed by atoms with E-state index in [-0.39, 0.29) is 0 Å². The topological polar surface area (TPSA) is 105 Å². The van der Waals surface area contributed by atoms with Crippen LogP contribution < -0.4 is 10.7 Å². The molecule has 1 aromatic carbocycles. The van der Waals surface area contributed by atoms with Crippen molar-refractivity contribution in [3.8, 4) is 10.8 Å². The van der Waals surface area contributed by atoms with E-state index in [2.05, 4.69) is 15.7 Å². The monoisotopic (exact) mass is 410 g/mol. The van der Waals surface area contributed by atoms with Crippen LogP contribution in [0.2, 0.25) is 0 Å². The molecule has 8 nitrogen and oxygen atoms in total. The third kappa shape index (κ3) is 3.19. The Kier molecular flexibility index (Phi) is 4.46. The van der Waals surface area contributed by atoms with Gasteiger partial charge >= 0.3 is 6.03 Å². The molecule has 0 radical (unpaired) electrons. The number of imide groups is 1. The summed E-state index contributed by atoms with van der Waals surface area (Å²) in [5.41, 5.74) is 2.25. The Bertz CT molecular complexity index is 1120. The highest BCUT2D eigenvalue weighted by Crippen LogP contribution is 2.30. The van der Waals surface area contributed by atoms with Gasteiger partial charge in [-0.2, -0.15) is 5.01 Å². The molecule has 4 rings (SSSR count). The van der Waals surface area contributed by atoms with Gasteiger partial charge in [-0.25, -0.2) is 9.78 Å². The maximum Gasteiger partial charge on any atom is 0.344 e. The predicted octanol–water partition coefficient (Wildman–Crippen LogP) is 3.13. The number of nitrogens with one attached hydrogen (secondary N) is 2. The maximum atomic E-state index is 12.9. The lowest BCUT2D eigenvalue weighted by molar-refractivity contribution is -0.132. The minimum Gasteiger partial charge on any atom is -0.459 e. The first-order chi connectivity index (χ1) is 13.8. The summed E-state index contributed by atoms with van der Waals surface area (Å²) in [6.45, 7) is 5.10. The number of rotatable bonds is 4. The second-order valence-electron chi connectivity index (χ2n) is 6.85. The minimum absolute atomic E-state index is 0.294. The second-order valence-corrected chi connectivity index (χ2v) is 7.85. The molecular formula is C20H18N4O4S. The maximum absolute atomic E-state index is 12.9. The van der Waals surface area contributed by atoms with Gasteiger partial charge in [-0.1, -0.05) is 30.3 Å². The number of urea groups is 1. The molecule has 29 heavy (non-hydrogen) atoms. The van der Waals surface area contributed by atoms with Crippen molar-refractivity contribution in [1.29, 1.82) is 0 Å². The number of amides is 4. The molecule has 2 aromatic heterocycles. The molecule has 0 bridgehead atoms. The van der Waals surface area contributed by atoms with Gasteiger partial charge in [-0.15, -0.1) is 11.3 Å². The van der Waals surface area contributed by atoms with Crippen LogP contribution in [-0.2, 0) is 10.3 Å². The number of furan rings is 1. The average molecular weight is 410 g/mol. The highest BCUT2D eigenvalue weighted by Gasteiger charge is 2.50. The number of hydrogen-bond acceptors (Lipinski definition) is 6. The first kappa shape index (κ1) is 18.9. The fourth-order valence-electron chi connectivity index (χ4n) is 3.12. The van der Waals surface area contributed by atoms with Crippen LogP contribution in [0.3, 0.4) is 0 Å². The summed E-state index contributed by atoms with van der Waals surface area (Å²) in [5.74, 6) is 0.140. The molecule has 3 aromatic rings. The Hall–Kier alpha value is -3.46. The number of carbonyl (C=O) groups excluding carboxylic acids is 3. The first-order valence-electron chi connectivity index (χ1n) is 8.87. The van der Waals surface area contributed by atoms with E-state index in [1.165, 1.54) is 0 Å². The number of hydrazine groups is 1. The zero-order valence-electron chi connectivity index (χ0n) is 16.0. The van der Waals surface area contributed by atoms with Crippen LogP contribution in [0.4, 0.5) is 4.79 Å². The van der Waals surface area contributed by atoms with Crippen LogP contribution in [-0.4, -0.2) is 27.8 Å². The van der Waals surface area contributed by atoms with Crippen LogP contribution in [0.15, 0.2) is 46.9 Å². The van der Waals surface area contributed by atoms with Crippen molar-refractivity contribution in [1.82, 2.24) is 20.7 Å². The summed E-state index contributed by atoms with van der Waals surface area (Å²) < 4.78 is 5.55. The number of thiazole rings is 1. The fraction of sp³-hybridized carbons (Fsp3) is 0.200. The van der Waals surface area contributed by atoms with Gasteiger partial charge in [0.15, 0.2) is 10.8 Å². The van der Waals surface area contributed by atoms with Gasteiger partial charge in [-0.05, 0) is 38.5 Å². The number of carbonyl (C=O) groups is 3. The third-order valence-corrected chi connectivity index (χ3v) is 5.88. The third-order valence-electron chi connectivity index (χ3n) is 4.71. The second kappa shape index (κ2) is 6.85. The van der Waals surface area contributed by atoms with Crippen LogP contribution in [0, 0.1) is 13.8 Å². The van der Waals surface area contributed by atoms with E-state index in [1.54, 1.807) is 44.2 Å². The number of aromatic nitrogens is 1. The molecule has 1 saturated heterocycles. The Morgan fingerprint density at radius 1 is 1.17 bits per heavy atom. The lowest BCUT2D eigenvalue weighted by atomic mass is 9.92. The van der Waals surface area contributed by atoms with Gasteiger partial charge in [0.05, 0.1) is 5.69 Å². The summed E-state index contributed by atoms with van der Waals surface area (Å²) in [6.07, 6.45) is 0. The molecule has 0 saturated carbocycles. The van der Waals surface area contributed by atoms with Crippen LogP contribution >= 0.6 is 11.3 Å². The van der Waals surface area contributed by atoms with Gasteiger partial charge in [0, 0.05) is 0 Å². The number of aryl methyl sites for hydroxylation is 2. The van der Waals surface area contributed by atoms with E-state index in [4.69, 9.17) is 4.42 Å². The predicted molar refractivity (Wildman–Crippen MR) is 106 cm³/mol. The lowest BCUT2D eigenvalue weighted by Gasteiger charge is -2.22. The molecule has 4 amide bonds. The van der Waals surface area contributed by atoms with E-state index in [1.807, 2.05) is 19.1 Å². The van der Waals surface area contributed by atoms with Gasteiger partial charge in [0.1, 0.15) is 16.2 Å². The fourth-order valence-corrected chi connectivity index (χ4v) is 4.04. The van der Waals surface area contributed by atoms with E-state index < -0.39 is 23.4 Å². The van der Waals surface area contributed by atoms with E-state index in [0.717, 1.165) is 17.1 Å².